The molecule has 0 saturated heterocycles. The van der Waals surface area contributed by atoms with E-state index in [4.69, 9.17) is 4.98 Å². The van der Waals surface area contributed by atoms with Gasteiger partial charge in [0.15, 0.2) is 0 Å². The molecule has 0 fully saturated rings. The fourth-order valence-electron chi connectivity index (χ4n) is 2.29. The lowest BCUT2D eigenvalue weighted by atomic mass is 9.98. The number of hydrogen-bond donors (Lipinski definition) is 1. The van der Waals surface area contributed by atoms with Crippen LogP contribution in [0.4, 0.5) is 0 Å². The van der Waals surface area contributed by atoms with Crippen LogP contribution in [0.5, 0.6) is 0 Å². The largest absolute Gasteiger partial charge is 0.309 e. The van der Waals surface area contributed by atoms with Crippen LogP contribution in [0.25, 0.3) is 9.88 Å². The van der Waals surface area contributed by atoms with E-state index >= 15 is 0 Å². The highest BCUT2D eigenvalue weighted by Gasteiger charge is 2.24. The van der Waals surface area contributed by atoms with Crippen molar-refractivity contribution in [2.24, 2.45) is 0 Å². The van der Waals surface area contributed by atoms with Gasteiger partial charge < -0.3 is 5.32 Å². The molecule has 0 spiro atoms. The van der Waals surface area contributed by atoms with E-state index in [0.717, 1.165) is 11.6 Å². The van der Waals surface area contributed by atoms with E-state index in [1.165, 1.54) is 34.7 Å². The van der Waals surface area contributed by atoms with E-state index in [1.54, 1.807) is 11.3 Å². The molecule has 0 amide bonds. The first-order valence-corrected chi connectivity index (χ1v) is 7.70. The molecule has 17 heavy (non-hydrogen) atoms. The van der Waals surface area contributed by atoms with Gasteiger partial charge in [0.2, 0.25) is 0 Å². The third-order valence-electron chi connectivity index (χ3n) is 3.05. The maximum Gasteiger partial charge on any atom is 0.135 e. The molecule has 0 bridgehead atoms. The topological polar surface area (TPSA) is 37.8 Å². The summed E-state index contributed by atoms with van der Waals surface area (Å²) in [5.41, 5.74) is 3.16. The molecule has 1 aliphatic carbocycles. The highest BCUT2D eigenvalue weighted by atomic mass is 32.1. The molecule has 1 N–H and O–H groups in total. The zero-order valence-corrected chi connectivity index (χ0v) is 11.4. The van der Waals surface area contributed by atoms with Gasteiger partial charge in [-0.05, 0) is 25.8 Å². The molecule has 1 aliphatic rings. The minimum Gasteiger partial charge on any atom is -0.309 e. The second kappa shape index (κ2) is 4.84. The Hall–Kier alpha value is -0.780. The highest BCUT2D eigenvalue weighted by molar-refractivity contribution is 7.20. The van der Waals surface area contributed by atoms with E-state index < -0.39 is 0 Å². The Balaban J connectivity index is 1.96. The second-order valence-electron chi connectivity index (χ2n) is 4.20. The lowest BCUT2D eigenvalue weighted by Crippen LogP contribution is -2.24. The molecule has 3 nitrogen and oxygen atoms in total. The van der Waals surface area contributed by atoms with Crippen molar-refractivity contribution in [3.63, 3.8) is 0 Å². The molecule has 0 aromatic carbocycles. The Morgan fingerprint density at radius 1 is 1.53 bits per heavy atom. The number of rotatable bonds is 3. The Bertz CT molecular complexity index is 490. The lowest BCUT2D eigenvalue weighted by Gasteiger charge is -2.21. The van der Waals surface area contributed by atoms with Crippen LogP contribution in [0.1, 0.15) is 36.4 Å². The zero-order chi connectivity index (χ0) is 11.7. The molecule has 0 aliphatic heterocycles. The summed E-state index contributed by atoms with van der Waals surface area (Å²) < 4.78 is 0. The summed E-state index contributed by atoms with van der Waals surface area (Å²) in [5.74, 6) is 0. The van der Waals surface area contributed by atoms with Crippen molar-refractivity contribution >= 4 is 22.7 Å². The SMILES string of the molecule is CCNC1CCCc2sc(-c3cncs3)nc21. The van der Waals surface area contributed by atoms with Gasteiger partial charge in [-0.25, -0.2) is 4.98 Å². The van der Waals surface area contributed by atoms with Gasteiger partial charge in [0.1, 0.15) is 5.01 Å². The monoisotopic (exact) mass is 265 g/mol. The minimum atomic E-state index is 0.460. The second-order valence-corrected chi connectivity index (χ2v) is 6.17. The van der Waals surface area contributed by atoms with Gasteiger partial charge in [-0.15, -0.1) is 22.7 Å². The van der Waals surface area contributed by atoms with Crippen molar-refractivity contribution in [1.29, 1.82) is 0 Å². The molecule has 2 aromatic heterocycles. The van der Waals surface area contributed by atoms with Crippen molar-refractivity contribution in [2.75, 3.05) is 6.54 Å². The van der Waals surface area contributed by atoms with Gasteiger partial charge in [0.25, 0.3) is 0 Å². The van der Waals surface area contributed by atoms with Crippen LogP contribution >= 0.6 is 22.7 Å². The number of thiazole rings is 2. The first-order chi connectivity index (χ1) is 8.38. The van der Waals surface area contributed by atoms with E-state index in [1.807, 2.05) is 23.0 Å². The number of nitrogens with zero attached hydrogens (tertiary/aromatic N) is 2. The van der Waals surface area contributed by atoms with E-state index in [-0.39, 0.29) is 0 Å². The maximum atomic E-state index is 4.82. The average molecular weight is 265 g/mol. The van der Waals surface area contributed by atoms with Gasteiger partial charge in [-0.3, -0.25) is 4.98 Å². The van der Waals surface area contributed by atoms with Crippen molar-refractivity contribution in [3.8, 4) is 9.88 Å². The van der Waals surface area contributed by atoms with Crippen LogP contribution in [0.15, 0.2) is 11.7 Å². The molecule has 3 rings (SSSR count). The molecular weight excluding hydrogens is 250 g/mol. The van der Waals surface area contributed by atoms with Crippen LogP contribution in [-0.4, -0.2) is 16.5 Å². The zero-order valence-electron chi connectivity index (χ0n) is 9.77. The van der Waals surface area contributed by atoms with Crippen LogP contribution in [0.2, 0.25) is 0 Å². The van der Waals surface area contributed by atoms with Gasteiger partial charge in [0, 0.05) is 11.1 Å². The smallest absolute Gasteiger partial charge is 0.135 e. The van der Waals surface area contributed by atoms with Crippen LogP contribution in [0, 0.1) is 0 Å². The van der Waals surface area contributed by atoms with Crippen molar-refractivity contribution in [1.82, 2.24) is 15.3 Å². The first-order valence-electron chi connectivity index (χ1n) is 6.00. The Kier molecular flexibility index (Phi) is 3.22. The molecule has 1 unspecified atom stereocenters. The van der Waals surface area contributed by atoms with Crippen LogP contribution in [0.3, 0.4) is 0 Å². The molecule has 2 aromatic rings. The number of hydrogen-bond acceptors (Lipinski definition) is 5. The first kappa shape index (κ1) is 11.3. The summed E-state index contributed by atoms with van der Waals surface area (Å²) in [6.45, 7) is 3.17. The Morgan fingerprint density at radius 3 is 3.24 bits per heavy atom. The number of nitrogens with one attached hydrogen (secondary N) is 1. The number of fused-ring (bicyclic) bond motifs is 1. The van der Waals surface area contributed by atoms with Gasteiger partial charge in [-0.2, -0.15) is 0 Å². The standard InChI is InChI=1S/C12H15N3S2/c1-2-14-8-4-3-5-9-11(8)15-12(17-9)10-6-13-7-16-10/h6-8,14H,2-5H2,1H3. The summed E-state index contributed by atoms with van der Waals surface area (Å²) in [6.07, 6.45) is 5.59. The fraction of sp³-hybridized carbons (Fsp3) is 0.500. The van der Waals surface area contributed by atoms with E-state index in [2.05, 4.69) is 17.2 Å². The molecule has 0 saturated carbocycles. The van der Waals surface area contributed by atoms with E-state index in [9.17, 15) is 0 Å². The maximum absolute atomic E-state index is 4.82. The quantitative estimate of drug-likeness (QED) is 0.925. The van der Waals surface area contributed by atoms with Crippen molar-refractivity contribution < 1.29 is 0 Å². The molecule has 90 valence electrons. The normalized spacial score (nSPS) is 19.2. The molecule has 1 atom stereocenters. The number of aryl methyl sites for hydroxylation is 1. The van der Waals surface area contributed by atoms with Crippen LogP contribution in [-0.2, 0) is 6.42 Å². The third-order valence-corrected chi connectivity index (χ3v) is 5.12. The lowest BCUT2D eigenvalue weighted by molar-refractivity contribution is 0.465. The fourth-order valence-corrected chi connectivity index (χ4v) is 4.13. The summed E-state index contributed by atoms with van der Waals surface area (Å²) in [5, 5.41) is 4.67. The summed E-state index contributed by atoms with van der Waals surface area (Å²) in [6, 6.07) is 0.460. The molecule has 0 radical (unpaired) electrons. The molecular formula is C12H15N3S2. The number of aromatic nitrogens is 2. The van der Waals surface area contributed by atoms with Gasteiger partial charge >= 0.3 is 0 Å². The van der Waals surface area contributed by atoms with Crippen molar-refractivity contribution in [2.45, 2.75) is 32.2 Å². The summed E-state index contributed by atoms with van der Waals surface area (Å²) in [4.78, 5) is 11.6. The summed E-state index contributed by atoms with van der Waals surface area (Å²) in [7, 11) is 0. The predicted molar refractivity (Wildman–Crippen MR) is 72.6 cm³/mol. The Morgan fingerprint density at radius 2 is 2.47 bits per heavy atom. The predicted octanol–water partition coefficient (Wildman–Crippen LogP) is 3.25. The Labute approximate surface area is 109 Å². The minimum absolute atomic E-state index is 0.460. The third kappa shape index (κ3) is 2.14. The molecule has 2 heterocycles. The molecule has 5 heteroatoms. The summed E-state index contributed by atoms with van der Waals surface area (Å²) >= 11 is 3.51. The van der Waals surface area contributed by atoms with Crippen molar-refractivity contribution in [3.05, 3.63) is 22.3 Å². The highest BCUT2D eigenvalue weighted by Crippen LogP contribution is 2.37. The van der Waals surface area contributed by atoms with E-state index in [0.29, 0.717) is 6.04 Å². The van der Waals surface area contributed by atoms with Gasteiger partial charge in [-0.1, -0.05) is 6.92 Å². The van der Waals surface area contributed by atoms with Crippen LogP contribution < -0.4 is 5.32 Å². The average Bonchev–Trinajstić information content (AvgIpc) is 2.98. The van der Waals surface area contributed by atoms with Gasteiger partial charge in [0.05, 0.1) is 22.1 Å².